The minimum absolute atomic E-state index is 0.226. The lowest BCUT2D eigenvalue weighted by atomic mass is 9.49. The average molecular weight is 1800 g/mol. The summed E-state index contributed by atoms with van der Waals surface area (Å²) in [5.74, 6) is 15.0. The summed E-state index contributed by atoms with van der Waals surface area (Å²) < 4.78 is 45.3. The van der Waals surface area contributed by atoms with Crippen molar-refractivity contribution in [2.45, 2.75) is 336 Å². The average Bonchev–Trinajstić information content (AvgIpc) is 1.39. The van der Waals surface area contributed by atoms with Crippen molar-refractivity contribution in [2.24, 2.45) is 64.1 Å². The first-order valence-electron chi connectivity index (χ1n) is 52.3. The summed E-state index contributed by atoms with van der Waals surface area (Å²) >= 11 is 0. The highest BCUT2D eigenvalue weighted by Gasteiger charge is 2.54. The summed E-state index contributed by atoms with van der Waals surface area (Å²) in [6.07, 6.45) is 34.5. The van der Waals surface area contributed by atoms with E-state index in [1.807, 2.05) is 43.4 Å². The molecular formula is C117H173FN10O2S. The minimum atomic E-state index is -3.44. The fourth-order valence-electron chi connectivity index (χ4n) is 26.0. The normalized spacial score (nSPS) is 24.2. The van der Waals surface area contributed by atoms with Crippen LogP contribution in [0.25, 0.3) is 22.1 Å². The summed E-state index contributed by atoms with van der Waals surface area (Å²) in [6, 6.07) is 58.0. The fraction of sp³-hybridized carbons (Fsp3) is 0.624. The molecule has 14 heteroatoms. The summed E-state index contributed by atoms with van der Waals surface area (Å²) in [5.41, 5.74) is 20.0. The van der Waals surface area contributed by atoms with Gasteiger partial charge in [-0.25, -0.2) is 27.5 Å². The third-order valence-corrected chi connectivity index (χ3v) is 33.1. The minimum Gasteiger partial charge on any atom is -0.327 e. The number of aryl methyl sites for hydroxylation is 2. The van der Waals surface area contributed by atoms with Crippen LogP contribution in [0.2, 0.25) is 0 Å². The molecule has 12 aliphatic carbocycles. The number of rotatable bonds is 36. The van der Waals surface area contributed by atoms with E-state index >= 15 is 0 Å². The summed E-state index contributed by atoms with van der Waals surface area (Å²) in [4.78, 5) is 17.4. The van der Waals surface area contributed by atoms with Crippen LogP contribution in [0.3, 0.4) is 0 Å². The number of unbranched alkanes of at least 4 members (excludes halogenated alkanes) is 2. The van der Waals surface area contributed by atoms with Gasteiger partial charge in [0.1, 0.15) is 18.3 Å². The molecule has 3 N–H and O–H groups in total. The summed E-state index contributed by atoms with van der Waals surface area (Å²) in [5, 5.41) is 7.24. The standard InChI is InChI=1S/C23H34FN.C22H33N.C20H29N.C18H29N3.C17H27N3.C17H21NO2S/c1-17(2)22-5-3-18(4-6-22)15-25(8-7-24)16-23-12-19-9-20(13-23)11-21(10-19)14-23;1-16(2)21-6-4-17(5-7-21)14-23(3)15-22-11-18-8-19(12-22)10-20(9-18)13-22;1-14(2)19-5-3-4-15(9-19)13-21-20-10-16-6-17(11-20)8-18(7-16)12-20;1-6-7-8-18-19-16-13-15(14(2)3)9-10-17(16)21(18)12-11-20(4)5;1-5-6-7-17-19-15-12-14(13(2)3)8-9-16(15)20(17)11-10-18-4;1-14(2)16-9-6-10-17(13-16)21(19,20)18-12-11-15-7-4-3-5-8-15/h3-6,17,19-21H,7-16H2,1-2H3;4-7,16,18-20H,8-15H2,1-3H3;3-5,9,14,16-18,21H,6-8,10-13H2,1-2H3;9-10,13-14H,6-8,11-12H2,1-5H3;8-9,12-13,18H,5-7,10-11H2,1-4H3;3-10,13-14,18H,11-12H2,1-2H3. The molecule has 12 nitrogen and oxygen atoms in total. The molecule has 0 radical (unpaired) electrons. The number of nitrogens with zero attached hydrogens (tertiary/aromatic N) is 7. The molecule has 0 aliphatic heterocycles. The maximum atomic E-state index is 13.2. The predicted molar refractivity (Wildman–Crippen MR) is 551 cm³/mol. The Kier molecular flexibility index (Phi) is 36.6. The van der Waals surface area contributed by atoms with Gasteiger partial charge in [-0.05, 0) is 355 Å². The van der Waals surface area contributed by atoms with Crippen LogP contribution in [0, 0.1) is 64.1 Å². The van der Waals surface area contributed by atoms with Crippen molar-refractivity contribution in [2.75, 3.05) is 74.1 Å². The van der Waals surface area contributed by atoms with E-state index in [1.165, 1.54) is 196 Å². The van der Waals surface area contributed by atoms with Crippen LogP contribution in [0.15, 0.2) is 169 Å². The monoisotopic (exact) mass is 1800 g/mol. The van der Waals surface area contributed by atoms with Crippen LogP contribution in [0.1, 0.15) is 341 Å². The van der Waals surface area contributed by atoms with Crippen molar-refractivity contribution in [1.29, 1.82) is 0 Å². The molecule has 21 rings (SSSR count). The zero-order valence-electron chi connectivity index (χ0n) is 84.6. The second-order valence-electron chi connectivity index (χ2n) is 45.3. The highest BCUT2D eigenvalue weighted by Crippen LogP contribution is 2.62. The first kappa shape index (κ1) is 102. The Morgan fingerprint density at radius 2 is 0.824 bits per heavy atom. The van der Waals surface area contributed by atoms with Crippen molar-refractivity contribution in [3.8, 4) is 0 Å². The van der Waals surface area contributed by atoms with Crippen LogP contribution in [-0.2, 0) is 62.0 Å². The second kappa shape index (κ2) is 47.3. The number of halogens is 1. The van der Waals surface area contributed by atoms with Gasteiger partial charge in [0, 0.05) is 90.4 Å². The number of alkyl halides is 1. The lowest BCUT2D eigenvalue weighted by molar-refractivity contribution is -0.0706. The molecule has 9 aromatic rings. The topological polar surface area (TPSA) is 116 Å². The van der Waals surface area contributed by atoms with E-state index in [1.54, 1.807) is 37.5 Å². The number of hydrogen-bond donors (Lipinski definition) is 3. The number of likely N-dealkylation sites (N-methyl/N-ethyl adjacent to an activating group) is 2. The van der Waals surface area contributed by atoms with E-state index in [4.69, 9.17) is 9.97 Å². The van der Waals surface area contributed by atoms with Gasteiger partial charge in [0.05, 0.1) is 27.0 Å². The lowest BCUT2D eigenvalue weighted by Crippen LogP contribution is -2.58. The van der Waals surface area contributed by atoms with Crippen LogP contribution < -0.4 is 15.4 Å². The molecule has 12 saturated carbocycles. The third-order valence-electron chi connectivity index (χ3n) is 31.7. The van der Waals surface area contributed by atoms with Gasteiger partial charge in [0.25, 0.3) is 0 Å². The van der Waals surface area contributed by atoms with E-state index in [2.05, 4.69) is 266 Å². The highest BCUT2D eigenvalue weighted by atomic mass is 32.2. The number of aromatic nitrogens is 4. The third kappa shape index (κ3) is 28.2. The molecule has 2 heterocycles. The number of sulfonamides is 1. The Morgan fingerprint density at radius 3 is 1.26 bits per heavy atom. The molecule has 12 bridgehead atoms. The largest absolute Gasteiger partial charge is 0.327 e. The van der Waals surface area contributed by atoms with Crippen molar-refractivity contribution in [1.82, 2.24) is 49.2 Å². The second-order valence-corrected chi connectivity index (χ2v) is 47.1. The highest BCUT2D eigenvalue weighted by molar-refractivity contribution is 7.89. The predicted octanol–water partition coefficient (Wildman–Crippen LogP) is 27.2. The van der Waals surface area contributed by atoms with Crippen molar-refractivity contribution in [3.63, 3.8) is 0 Å². The lowest BCUT2D eigenvalue weighted by Gasteiger charge is -2.58. The van der Waals surface area contributed by atoms with Crippen molar-refractivity contribution >= 4 is 32.1 Å². The van der Waals surface area contributed by atoms with Gasteiger partial charge in [-0.3, -0.25) is 4.90 Å². The molecule has 7 aromatic carbocycles. The summed E-state index contributed by atoms with van der Waals surface area (Å²) in [7, 11) is 5.16. The molecule has 12 fully saturated rings. The smallest absolute Gasteiger partial charge is 0.240 e. The van der Waals surface area contributed by atoms with E-state index in [9.17, 15) is 12.8 Å². The molecule has 0 amide bonds. The zero-order chi connectivity index (χ0) is 93.2. The van der Waals surface area contributed by atoms with Gasteiger partial charge in [-0.15, -0.1) is 0 Å². The SMILES string of the molecule is CC(C)c1ccc(CN(C)CC23CC4CC(CC(C4)C2)C3)cc1.CC(C)c1ccc(CN(CCF)CC23CC4CC(CC(C4)C2)C3)cc1.CC(C)c1cccc(CNC23CC4CC(CC(C4)C2)C3)c1.CC(C)c1cccc(S(=O)(=O)NCCc2ccccc2)c1.CCCCc1nc2cc(C(C)C)ccc2n1CCN(C)C.CCCCc1nc2cc(C(C)C)ccc2n1CCNC. The molecule has 12 aliphatic rings. The van der Waals surface area contributed by atoms with Crippen LogP contribution in [0.5, 0.6) is 0 Å². The van der Waals surface area contributed by atoms with Crippen LogP contribution in [-0.4, -0.2) is 122 Å². The number of benzene rings is 7. The van der Waals surface area contributed by atoms with Crippen LogP contribution in [0.4, 0.5) is 4.39 Å². The Hall–Kier alpha value is -6.88. The first-order valence-corrected chi connectivity index (χ1v) is 53.7. The Bertz CT molecular complexity index is 4990. The van der Waals surface area contributed by atoms with Gasteiger partial charge in [0.15, 0.2) is 0 Å². The van der Waals surface area contributed by atoms with E-state index in [0.29, 0.717) is 76.3 Å². The molecule has 0 spiro atoms. The summed E-state index contributed by atoms with van der Waals surface area (Å²) in [6.45, 7) is 41.4. The van der Waals surface area contributed by atoms with Gasteiger partial charge in [0.2, 0.25) is 10.0 Å². The van der Waals surface area contributed by atoms with Crippen LogP contribution >= 0.6 is 0 Å². The van der Waals surface area contributed by atoms with Gasteiger partial charge < -0.3 is 29.6 Å². The maximum absolute atomic E-state index is 13.2. The maximum Gasteiger partial charge on any atom is 0.240 e. The number of imidazole rings is 2. The molecule has 0 unspecified atom stereocenters. The van der Waals surface area contributed by atoms with E-state index < -0.39 is 10.0 Å². The quantitative estimate of drug-likeness (QED) is 0.0353. The molecule has 716 valence electrons. The zero-order valence-corrected chi connectivity index (χ0v) is 85.5. The fourth-order valence-corrected chi connectivity index (χ4v) is 27.0. The Balaban J connectivity index is 0.000000134. The van der Waals surface area contributed by atoms with Crippen molar-refractivity contribution < 1.29 is 12.8 Å². The molecular weight excluding hydrogens is 1630 g/mol. The molecule has 0 saturated heterocycles. The molecule has 131 heavy (non-hydrogen) atoms. The van der Waals surface area contributed by atoms with Gasteiger partial charge in [-0.2, -0.15) is 0 Å². The first-order chi connectivity index (χ1) is 62.9. The van der Waals surface area contributed by atoms with Crippen molar-refractivity contribution in [3.05, 3.63) is 231 Å². The molecule has 0 atom stereocenters. The van der Waals surface area contributed by atoms with Gasteiger partial charge in [-0.1, -0.05) is 237 Å². The number of fused-ring (bicyclic) bond motifs is 2. The van der Waals surface area contributed by atoms with E-state index in [-0.39, 0.29) is 6.67 Å². The van der Waals surface area contributed by atoms with Gasteiger partial charge >= 0.3 is 0 Å². The van der Waals surface area contributed by atoms with E-state index in [0.717, 1.165) is 141 Å². The number of nitrogens with one attached hydrogen (secondary N) is 3. The Labute approximate surface area is 794 Å². The molecule has 2 aromatic heterocycles. The number of hydrogen-bond acceptors (Lipinski definition) is 9. The Morgan fingerprint density at radius 1 is 0.420 bits per heavy atom.